The molecule has 1 atom stereocenters. The second-order valence-corrected chi connectivity index (χ2v) is 9.91. The number of nitrogens with zero attached hydrogens (tertiary/aromatic N) is 1. The molecule has 1 fully saturated rings. The molecule has 4 rings (SSSR count). The minimum atomic E-state index is -3.61. The van der Waals surface area contributed by atoms with E-state index < -0.39 is 39.7 Å². The molecular formula is C23H23N3O6S. The number of benzene rings is 2. The minimum Gasteiger partial charge on any atom is -0.295 e. The van der Waals surface area contributed by atoms with Crippen molar-refractivity contribution >= 4 is 33.7 Å². The van der Waals surface area contributed by atoms with Crippen LogP contribution in [0.1, 0.15) is 51.1 Å². The van der Waals surface area contributed by atoms with E-state index in [0.717, 1.165) is 16.0 Å². The first kappa shape index (κ1) is 22.8. The van der Waals surface area contributed by atoms with Crippen molar-refractivity contribution in [2.24, 2.45) is 0 Å². The molecule has 2 heterocycles. The molecule has 33 heavy (non-hydrogen) atoms. The van der Waals surface area contributed by atoms with Gasteiger partial charge < -0.3 is 0 Å². The van der Waals surface area contributed by atoms with E-state index in [4.69, 9.17) is 0 Å². The van der Waals surface area contributed by atoms with Gasteiger partial charge in [0.2, 0.25) is 21.8 Å². The van der Waals surface area contributed by atoms with Crippen molar-refractivity contribution < 1.29 is 27.6 Å². The number of rotatable bonds is 7. The predicted octanol–water partition coefficient (Wildman–Crippen LogP) is 1.31. The molecule has 2 N–H and O–H groups in total. The highest BCUT2D eigenvalue weighted by atomic mass is 32.2. The zero-order valence-electron chi connectivity index (χ0n) is 18.0. The summed E-state index contributed by atoms with van der Waals surface area (Å²) in [5.41, 5.74) is 2.05. The molecule has 0 radical (unpaired) electrons. The number of imide groups is 2. The summed E-state index contributed by atoms with van der Waals surface area (Å²) in [6, 6.07) is 10.5. The number of sulfonamides is 1. The van der Waals surface area contributed by atoms with Crippen molar-refractivity contribution in [3.05, 3.63) is 64.7 Å². The molecule has 4 amide bonds. The third-order valence-corrected chi connectivity index (χ3v) is 7.20. The van der Waals surface area contributed by atoms with Gasteiger partial charge in [-0.05, 0) is 61.6 Å². The van der Waals surface area contributed by atoms with E-state index in [1.165, 1.54) is 6.07 Å². The van der Waals surface area contributed by atoms with Crippen LogP contribution in [0.5, 0.6) is 0 Å². The van der Waals surface area contributed by atoms with Gasteiger partial charge in [0.05, 0.1) is 16.0 Å². The van der Waals surface area contributed by atoms with E-state index in [2.05, 4.69) is 10.0 Å². The number of hydrogen-bond donors (Lipinski definition) is 2. The Hall–Kier alpha value is -3.37. The Labute approximate surface area is 191 Å². The van der Waals surface area contributed by atoms with Crippen molar-refractivity contribution in [2.75, 3.05) is 6.54 Å². The van der Waals surface area contributed by atoms with Crippen molar-refractivity contribution in [3.63, 3.8) is 0 Å². The number of fused-ring (bicyclic) bond motifs is 1. The van der Waals surface area contributed by atoms with Crippen LogP contribution in [-0.4, -0.2) is 49.5 Å². The van der Waals surface area contributed by atoms with E-state index in [1.807, 2.05) is 13.0 Å². The molecule has 0 spiro atoms. The Balaban J connectivity index is 1.39. The third kappa shape index (κ3) is 4.57. The molecule has 172 valence electrons. The van der Waals surface area contributed by atoms with Crippen LogP contribution < -0.4 is 10.0 Å². The second kappa shape index (κ2) is 8.87. The van der Waals surface area contributed by atoms with Crippen LogP contribution in [0.15, 0.2) is 47.4 Å². The van der Waals surface area contributed by atoms with Gasteiger partial charge in [0.15, 0.2) is 0 Å². The Morgan fingerprint density at radius 2 is 1.79 bits per heavy atom. The Kier molecular flexibility index (Phi) is 6.13. The molecule has 0 bridgehead atoms. The van der Waals surface area contributed by atoms with Gasteiger partial charge in [-0.15, -0.1) is 0 Å². The average molecular weight is 470 g/mol. The number of hydrogen-bond acceptors (Lipinski definition) is 6. The summed E-state index contributed by atoms with van der Waals surface area (Å²) >= 11 is 0. The zero-order chi connectivity index (χ0) is 23.8. The summed E-state index contributed by atoms with van der Waals surface area (Å²) in [4.78, 5) is 50.3. The molecule has 2 aliphatic rings. The van der Waals surface area contributed by atoms with Gasteiger partial charge in [0.1, 0.15) is 6.04 Å². The van der Waals surface area contributed by atoms with Crippen LogP contribution in [0, 0.1) is 6.92 Å². The number of aryl methyl sites for hydroxylation is 2. The van der Waals surface area contributed by atoms with Crippen LogP contribution in [0.25, 0.3) is 0 Å². The van der Waals surface area contributed by atoms with Gasteiger partial charge in [0.25, 0.3) is 11.8 Å². The molecule has 9 nitrogen and oxygen atoms in total. The molecule has 2 aliphatic heterocycles. The number of nitrogens with one attached hydrogen (secondary N) is 2. The van der Waals surface area contributed by atoms with Gasteiger partial charge in [0, 0.05) is 13.0 Å². The molecule has 0 aliphatic carbocycles. The van der Waals surface area contributed by atoms with Crippen molar-refractivity contribution in [2.45, 2.75) is 43.5 Å². The average Bonchev–Trinajstić information content (AvgIpc) is 3.01. The van der Waals surface area contributed by atoms with Gasteiger partial charge in [-0.1, -0.05) is 18.2 Å². The minimum absolute atomic E-state index is 0.0630. The van der Waals surface area contributed by atoms with Gasteiger partial charge >= 0.3 is 0 Å². The highest BCUT2D eigenvalue weighted by Crippen LogP contribution is 2.28. The van der Waals surface area contributed by atoms with Crippen LogP contribution in [0.3, 0.4) is 0 Å². The Bertz CT molecular complexity index is 1270. The fraction of sp³-hybridized carbons (Fsp3) is 0.304. The maximum Gasteiger partial charge on any atom is 0.262 e. The summed E-state index contributed by atoms with van der Waals surface area (Å²) in [6.07, 6.45) is 1.14. The molecule has 0 aromatic heterocycles. The lowest BCUT2D eigenvalue weighted by molar-refractivity contribution is -0.136. The first-order valence-electron chi connectivity index (χ1n) is 10.6. The van der Waals surface area contributed by atoms with E-state index in [1.54, 1.807) is 30.3 Å². The lowest BCUT2D eigenvalue weighted by Crippen LogP contribution is -2.54. The number of carbonyl (C=O) groups is 4. The standard InChI is InChI=1S/C23H23N3O6S/c1-14-4-2-6-16(12-14)33(31,32)24-11-3-5-15-7-8-17-18(13-15)23(30)26(22(17)29)19-9-10-20(27)25-21(19)28/h2,4,6-8,12-13,19,24H,3,5,9-11H2,1H3,(H,25,27,28). The summed E-state index contributed by atoms with van der Waals surface area (Å²) in [5, 5.41) is 2.17. The Morgan fingerprint density at radius 1 is 1.03 bits per heavy atom. The first-order chi connectivity index (χ1) is 15.7. The topological polar surface area (TPSA) is 130 Å². The molecule has 2 aromatic rings. The lowest BCUT2D eigenvalue weighted by atomic mass is 10.0. The van der Waals surface area contributed by atoms with Gasteiger partial charge in [-0.25, -0.2) is 13.1 Å². The fourth-order valence-electron chi connectivity index (χ4n) is 4.04. The smallest absolute Gasteiger partial charge is 0.262 e. The van der Waals surface area contributed by atoms with Crippen LogP contribution in [0.2, 0.25) is 0 Å². The first-order valence-corrected chi connectivity index (χ1v) is 12.1. The number of amides is 4. The number of carbonyl (C=O) groups excluding carboxylic acids is 4. The summed E-state index contributed by atoms with van der Waals surface area (Å²) in [6.45, 7) is 2.03. The van der Waals surface area contributed by atoms with E-state index in [9.17, 15) is 27.6 Å². The summed E-state index contributed by atoms with van der Waals surface area (Å²) in [5.74, 6) is -2.19. The van der Waals surface area contributed by atoms with E-state index >= 15 is 0 Å². The molecule has 1 unspecified atom stereocenters. The zero-order valence-corrected chi connectivity index (χ0v) is 18.8. The lowest BCUT2D eigenvalue weighted by Gasteiger charge is -2.27. The van der Waals surface area contributed by atoms with Gasteiger partial charge in [-0.2, -0.15) is 0 Å². The normalized spacial score (nSPS) is 18.5. The van der Waals surface area contributed by atoms with E-state index in [0.29, 0.717) is 12.8 Å². The van der Waals surface area contributed by atoms with E-state index in [-0.39, 0.29) is 35.4 Å². The van der Waals surface area contributed by atoms with Crippen LogP contribution in [0.4, 0.5) is 0 Å². The molecule has 10 heteroatoms. The predicted molar refractivity (Wildman–Crippen MR) is 118 cm³/mol. The quantitative estimate of drug-likeness (QED) is 0.465. The van der Waals surface area contributed by atoms with Crippen molar-refractivity contribution in [1.29, 1.82) is 0 Å². The molecule has 1 saturated heterocycles. The Morgan fingerprint density at radius 3 is 2.52 bits per heavy atom. The van der Waals surface area contributed by atoms with Gasteiger partial charge in [-0.3, -0.25) is 29.4 Å². The second-order valence-electron chi connectivity index (χ2n) is 8.14. The summed E-state index contributed by atoms with van der Waals surface area (Å²) < 4.78 is 27.4. The molecule has 0 saturated carbocycles. The third-order valence-electron chi connectivity index (χ3n) is 5.74. The van der Waals surface area contributed by atoms with Crippen LogP contribution in [-0.2, 0) is 26.0 Å². The summed E-state index contributed by atoms with van der Waals surface area (Å²) in [7, 11) is -3.61. The van der Waals surface area contributed by atoms with Crippen LogP contribution >= 0.6 is 0 Å². The van der Waals surface area contributed by atoms with Crippen molar-refractivity contribution in [3.8, 4) is 0 Å². The molecule has 2 aromatic carbocycles. The maximum atomic E-state index is 12.9. The molecular weight excluding hydrogens is 446 g/mol. The monoisotopic (exact) mass is 469 g/mol. The number of piperidine rings is 1. The maximum absolute atomic E-state index is 12.9. The van der Waals surface area contributed by atoms with Crippen molar-refractivity contribution in [1.82, 2.24) is 14.9 Å². The highest BCUT2D eigenvalue weighted by Gasteiger charge is 2.44. The highest BCUT2D eigenvalue weighted by molar-refractivity contribution is 7.89. The largest absolute Gasteiger partial charge is 0.295 e. The SMILES string of the molecule is Cc1cccc(S(=O)(=O)NCCCc2ccc3c(c2)C(=O)N(C2CCC(=O)NC2=O)C3=O)c1. The fourth-order valence-corrected chi connectivity index (χ4v) is 5.22.